The fourth-order valence-corrected chi connectivity index (χ4v) is 3.16. The van der Waals surface area contributed by atoms with Crippen LogP contribution in [0.3, 0.4) is 0 Å². The predicted octanol–water partition coefficient (Wildman–Crippen LogP) is 2.24. The summed E-state index contributed by atoms with van der Waals surface area (Å²) < 4.78 is 7.71. The van der Waals surface area contributed by atoms with Crippen LogP contribution in [0.25, 0.3) is 11.1 Å². The molecule has 0 aliphatic heterocycles. The summed E-state index contributed by atoms with van der Waals surface area (Å²) in [7, 11) is 0. The summed E-state index contributed by atoms with van der Waals surface area (Å²) in [5.41, 5.74) is 3.16. The van der Waals surface area contributed by atoms with Gasteiger partial charge in [-0.2, -0.15) is 0 Å². The molecule has 0 atom stereocenters. The fourth-order valence-electron chi connectivity index (χ4n) is 1.68. The van der Waals surface area contributed by atoms with Gasteiger partial charge in [-0.1, -0.05) is 35.2 Å². The number of oxazole rings is 1. The van der Waals surface area contributed by atoms with Crippen LogP contribution in [-0.2, 0) is 6.54 Å². The molecule has 0 aliphatic rings. The molecule has 3 rings (SSSR count). The van der Waals surface area contributed by atoms with Crippen LogP contribution in [0.15, 0.2) is 43.3 Å². The van der Waals surface area contributed by atoms with Crippen molar-refractivity contribution in [2.24, 2.45) is 0 Å². The highest BCUT2D eigenvalue weighted by molar-refractivity contribution is 8.00. The van der Waals surface area contributed by atoms with Crippen LogP contribution in [0.5, 0.6) is 0 Å². The maximum Gasteiger partial charge on any atom is 0.419 e. The highest BCUT2D eigenvalue weighted by Gasteiger charge is 2.08. The minimum Gasteiger partial charge on any atom is -0.408 e. The van der Waals surface area contributed by atoms with E-state index < -0.39 is 0 Å². The molecule has 0 amide bonds. The molecule has 7 heteroatoms. The number of fused-ring (bicyclic) bond motifs is 1. The summed E-state index contributed by atoms with van der Waals surface area (Å²) in [6.45, 7) is 0.597. The Morgan fingerprint density at radius 1 is 1.39 bits per heavy atom. The summed E-state index contributed by atoms with van der Waals surface area (Å²) in [6.07, 6.45) is 0. The van der Waals surface area contributed by atoms with E-state index in [2.05, 4.69) is 10.2 Å². The third kappa shape index (κ3) is 2.19. The van der Waals surface area contributed by atoms with Gasteiger partial charge in [0.25, 0.3) is 0 Å². The van der Waals surface area contributed by atoms with E-state index in [1.54, 1.807) is 27.9 Å². The summed E-state index contributed by atoms with van der Waals surface area (Å²) in [6, 6.07) is 7.43. The van der Waals surface area contributed by atoms with Crippen LogP contribution in [0.2, 0.25) is 0 Å². The number of rotatable bonds is 4. The molecular formula is C11H9N3O2S2. The zero-order chi connectivity index (χ0) is 12.4. The SMILES string of the molecule is O=c1oc2ccccc2n1CCSc1nncs1. The van der Waals surface area contributed by atoms with E-state index in [0.29, 0.717) is 12.1 Å². The monoisotopic (exact) mass is 279 g/mol. The van der Waals surface area contributed by atoms with Gasteiger partial charge in [-0.05, 0) is 12.1 Å². The van der Waals surface area contributed by atoms with E-state index in [9.17, 15) is 4.79 Å². The Morgan fingerprint density at radius 3 is 3.11 bits per heavy atom. The van der Waals surface area contributed by atoms with Crippen LogP contribution >= 0.6 is 23.1 Å². The highest BCUT2D eigenvalue weighted by atomic mass is 32.2. The minimum absolute atomic E-state index is 0.311. The van der Waals surface area contributed by atoms with E-state index >= 15 is 0 Å². The molecule has 0 saturated heterocycles. The molecule has 0 fully saturated rings. The smallest absolute Gasteiger partial charge is 0.408 e. The van der Waals surface area contributed by atoms with Crippen molar-refractivity contribution >= 4 is 34.2 Å². The average Bonchev–Trinajstić information content (AvgIpc) is 2.98. The molecule has 18 heavy (non-hydrogen) atoms. The Labute approximate surface area is 110 Å². The molecule has 2 heterocycles. The summed E-state index contributed by atoms with van der Waals surface area (Å²) >= 11 is 3.08. The molecule has 3 aromatic rings. The molecule has 0 unspecified atom stereocenters. The largest absolute Gasteiger partial charge is 0.419 e. The van der Waals surface area contributed by atoms with Gasteiger partial charge in [0.05, 0.1) is 5.52 Å². The van der Waals surface area contributed by atoms with Crippen molar-refractivity contribution in [1.29, 1.82) is 0 Å². The lowest BCUT2D eigenvalue weighted by molar-refractivity contribution is 0.514. The highest BCUT2D eigenvalue weighted by Crippen LogP contribution is 2.19. The van der Waals surface area contributed by atoms with E-state index in [0.717, 1.165) is 15.6 Å². The van der Waals surface area contributed by atoms with Gasteiger partial charge >= 0.3 is 5.76 Å². The van der Waals surface area contributed by atoms with Gasteiger partial charge in [-0.15, -0.1) is 10.2 Å². The number of thioether (sulfide) groups is 1. The Morgan fingerprint density at radius 2 is 2.28 bits per heavy atom. The van der Waals surface area contributed by atoms with Gasteiger partial charge in [-0.25, -0.2) is 4.79 Å². The molecule has 0 bridgehead atoms. The topological polar surface area (TPSA) is 60.9 Å². The number of aromatic nitrogens is 3. The van der Waals surface area contributed by atoms with Gasteiger partial charge in [0.15, 0.2) is 9.92 Å². The summed E-state index contributed by atoms with van der Waals surface area (Å²) in [4.78, 5) is 11.7. The average molecular weight is 279 g/mol. The predicted molar refractivity (Wildman–Crippen MR) is 71.1 cm³/mol. The molecule has 0 aliphatic carbocycles. The molecular weight excluding hydrogens is 270 g/mol. The first-order chi connectivity index (χ1) is 8.84. The van der Waals surface area contributed by atoms with Crippen molar-refractivity contribution in [3.05, 3.63) is 40.3 Å². The van der Waals surface area contributed by atoms with Gasteiger partial charge in [0, 0.05) is 12.3 Å². The van der Waals surface area contributed by atoms with E-state index in [1.807, 2.05) is 18.2 Å². The number of para-hydroxylation sites is 2. The maximum atomic E-state index is 11.7. The Bertz CT molecular complexity index is 702. The van der Waals surface area contributed by atoms with E-state index in [-0.39, 0.29) is 5.76 Å². The molecule has 92 valence electrons. The molecule has 0 N–H and O–H groups in total. The molecule has 0 radical (unpaired) electrons. The van der Waals surface area contributed by atoms with Crippen LogP contribution in [0.1, 0.15) is 0 Å². The number of benzene rings is 1. The van der Waals surface area contributed by atoms with E-state index in [4.69, 9.17) is 4.42 Å². The number of hydrogen-bond donors (Lipinski definition) is 0. The lowest BCUT2D eigenvalue weighted by Gasteiger charge is -1.99. The third-order valence-corrected chi connectivity index (χ3v) is 4.29. The third-order valence-electron chi connectivity index (χ3n) is 2.45. The molecule has 0 spiro atoms. The standard InChI is InChI=1S/C11H9N3O2S2/c15-11-14(5-6-17-10-13-12-7-18-10)8-3-1-2-4-9(8)16-11/h1-4,7H,5-6H2. The lowest BCUT2D eigenvalue weighted by Crippen LogP contribution is -2.15. The summed E-state index contributed by atoms with van der Waals surface area (Å²) in [5, 5.41) is 7.71. The van der Waals surface area contributed by atoms with Crippen molar-refractivity contribution in [3.63, 3.8) is 0 Å². The second kappa shape index (κ2) is 4.95. The maximum absolute atomic E-state index is 11.7. The van der Waals surface area contributed by atoms with Crippen molar-refractivity contribution in [2.45, 2.75) is 10.9 Å². The van der Waals surface area contributed by atoms with Gasteiger partial charge in [-0.3, -0.25) is 4.57 Å². The zero-order valence-corrected chi connectivity index (χ0v) is 10.9. The van der Waals surface area contributed by atoms with Crippen LogP contribution < -0.4 is 5.76 Å². The quantitative estimate of drug-likeness (QED) is 0.685. The minimum atomic E-state index is -0.311. The van der Waals surface area contributed by atoms with E-state index in [1.165, 1.54) is 11.3 Å². The van der Waals surface area contributed by atoms with Crippen molar-refractivity contribution < 1.29 is 4.42 Å². The van der Waals surface area contributed by atoms with Gasteiger partial charge in [0.1, 0.15) is 5.51 Å². The van der Waals surface area contributed by atoms with Crippen LogP contribution in [0, 0.1) is 0 Å². The summed E-state index contributed by atoms with van der Waals surface area (Å²) in [5.74, 6) is 0.451. The molecule has 5 nitrogen and oxygen atoms in total. The Hall–Kier alpha value is -1.60. The van der Waals surface area contributed by atoms with Crippen molar-refractivity contribution in [2.75, 3.05) is 5.75 Å². The second-order valence-corrected chi connectivity index (χ2v) is 5.72. The Balaban J connectivity index is 1.78. The zero-order valence-electron chi connectivity index (χ0n) is 9.28. The first kappa shape index (κ1) is 11.5. The van der Waals surface area contributed by atoms with Gasteiger partial charge < -0.3 is 4.42 Å². The lowest BCUT2D eigenvalue weighted by atomic mass is 10.3. The normalized spacial score (nSPS) is 11.1. The first-order valence-corrected chi connectivity index (χ1v) is 7.18. The Kier molecular flexibility index (Phi) is 3.16. The number of hydrogen-bond acceptors (Lipinski definition) is 6. The second-order valence-electron chi connectivity index (χ2n) is 3.54. The van der Waals surface area contributed by atoms with Crippen molar-refractivity contribution in [3.8, 4) is 0 Å². The van der Waals surface area contributed by atoms with Crippen molar-refractivity contribution in [1.82, 2.24) is 14.8 Å². The number of aryl methyl sites for hydroxylation is 1. The first-order valence-electron chi connectivity index (χ1n) is 5.32. The molecule has 1 aromatic carbocycles. The van der Waals surface area contributed by atoms with Crippen LogP contribution in [0.4, 0.5) is 0 Å². The molecule has 2 aromatic heterocycles. The fraction of sp³-hybridized carbons (Fsp3) is 0.182. The molecule has 0 saturated carbocycles. The van der Waals surface area contributed by atoms with Crippen LogP contribution in [-0.4, -0.2) is 20.5 Å². The van der Waals surface area contributed by atoms with Gasteiger partial charge in [0.2, 0.25) is 0 Å². The number of nitrogens with zero attached hydrogens (tertiary/aromatic N) is 3.